The second-order valence-electron chi connectivity index (χ2n) is 5.13. The number of hydrogen-bond acceptors (Lipinski definition) is 2. The van der Waals surface area contributed by atoms with E-state index in [9.17, 15) is 9.59 Å². The summed E-state index contributed by atoms with van der Waals surface area (Å²) in [6, 6.07) is 15.2. The maximum absolute atomic E-state index is 12.0. The van der Waals surface area contributed by atoms with E-state index in [2.05, 4.69) is 10.6 Å². The first-order chi connectivity index (χ1) is 10.2. The van der Waals surface area contributed by atoms with Gasteiger partial charge in [0.05, 0.1) is 6.42 Å². The Kier molecular flexibility index (Phi) is 3.69. The molecule has 21 heavy (non-hydrogen) atoms. The topological polar surface area (TPSA) is 58.2 Å². The highest BCUT2D eigenvalue weighted by Crippen LogP contribution is 2.23. The van der Waals surface area contributed by atoms with Gasteiger partial charge in [-0.25, -0.2) is 0 Å². The van der Waals surface area contributed by atoms with Crippen LogP contribution in [0.4, 0.5) is 11.4 Å². The van der Waals surface area contributed by atoms with E-state index in [1.807, 2.05) is 48.5 Å². The molecule has 4 heteroatoms. The second kappa shape index (κ2) is 5.79. The zero-order chi connectivity index (χ0) is 14.7. The van der Waals surface area contributed by atoms with E-state index in [-0.39, 0.29) is 11.8 Å². The molecule has 0 saturated heterocycles. The summed E-state index contributed by atoms with van der Waals surface area (Å²) in [7, 11) is 0. The molecule has 0 fully saturated rings. The molecule has 3 rings (SSSR count). The van der Waals surface area contributed by atoms with Gasteiger partial charge in [0.2, 0.25) is 11.8 Å². The lowest BCUT2D eigenvalue weighted by Crippen LogP contribution is -2.19. The summed E-state index contributed by atoms with van der Waals surface area (Å²) in [6.45, 7) is 0. The molecule has 0 atom stereocenters. The van der Waals surface area contributed by atoms with Crippen LogP contribution in [0.25, 0.3) is 0 Å². The molecule has 0 unspecified atom stereocenters. The van der Waals surface area contributed by atoms with Crippen molar-refractivity contribution in [3.05, 3.63) is 59.7 Å². The maximum Gasteiger partial charge on any atom is 0.228 e. The molecule has 1 heterocycles. The average molecular weight is 280 g/mol. The number of hydrogen-bond donors (Lipinski definition) is 2. The van der Waals surface area contributed by atoms with Gasteiger partial charge < -0.3 is 10.6 Å². The van der Waals surface area contributed by atoms with Crippen LogP contribution in [0.2, 0.25) is 0 Å². The summed E-state index contributed by atoms with van der Waals surface area (Å²) < 4.78 is 0. The lowest BCUT2D eigenvalue weighted by molar-refractivity contribution is -0.117. The third kappa shape index (κ3) is 3.28. The van der Waals surface area contributed by atoms with E-state index in [4.69, 9.17) is 0 Å². The number of carbonyl (C=O) groups excluding carboxylic acids is 2. The van der Waals surface area contributed by atoms with Gasteiger partial charge in [-0.2, -0.15) is 0 Å². The number of benzene rings is 2. The number of aryl methyl sites for hydroxylation is 1. The highest BCUT2D eigenvalue weighted by molar-refractivity contribution is 5.94. The SMILES string of the molecule is O=C(Cc1ccc2c(c1)CCC(=O)N2)Nc1ccccc1. The maximum atomic E-state index is 12.0. The van der Waals surface area contributed by atoms with Crippen LogP contribution in [-0.2, 0) is 22.4 Å². The molecule has 2 amide bonds. The zero-order valence-electron chi connectivity index (χ0n) is 11.6. The van der Waals surface area contributed by atoms with Gasteiger partial charge in [-0.1, -0.05) is 30.3 Å². The van der Waals surface area contributed by atoms with Gasteiger partial charge in [0, 0.05) is 17.8 Å². The normalized spacial score (nSPS) is 13.2. The molecular formula is C17H16N2O2. The van der Waals surface area contributed by atoms with Crippen LogP contribution in [0.3, 0.4) is 0 Å². The van der Waals surface area contributed by atoms with Gasteiger partial charge >= 0.3 is 0 Å². The van der Waals surface area contributed by atoms with E-state index in [1.165, 1.54) is 0 Å². The van der Waals surface area contributed by atoms with Gasteiger partial charge in [-0.3, -0.25) is 9.59 Å². The van der Waals surface area contributed by atoms with E-state index in [0.717, 1.165) is 28.9 Å². The Hall–Kier alpha value is -2.62. The van der Waals surface area contributed by atoms with Crippen LogP contribution < -0.4 is 10.6 Å². The van der Waals surface area contributed by atoms with Crippen molar-refractivity contribution in [2.24, 2.45) is 0 Å². The minimum atomic E-state index is -0.0407. The Bertz CT molecular complexity index is 680. The zero-order valence-corrected chi connectivity index (χ0v) is 11.6. The first kappa shape index (κ1) is 13.4. The summed E-state index contributed by atoms with van der Waals surface area (Å²) in [5.74, 6) is 0.0121. The lowest BCUT2D eigenvalue weighted by Gasteiger charge is -2.17. The van der Waals surface area contributed by atoms with Crippen LogP contribution >= 0.6 is 0 Å². The first-order valence-electron chi connectivity index (χ1n) is 6.97. The van der Waals surface area contributed by atoms with Crippen molar-refractivity contribution in [1.82, 2.24) is 0 Å². The van der Waals surface area contributed by atoms with Gasteiger partial charge in [-0.05, 0) is 35.7 Å². The second-order valence-corrected chi connectivity index (χ2v) is 5.13. The molecule has 2 N–H and O–H groups in total. The fourth-order valence-corrected chi connectivity index (χ4v) is 2.46. The fraction of sp³-hybridized carbons (Fsp3) is 0.176. The third-order valence-electron chi connectivity index (χ3n) is 3.49. The standard InChI is InChI=1S/C17H16N2O2/c20-16-9-7-13-10-12(6-8-15(13)19-16)11-17(21)18-14-4-2-1-3-5-14/h1-6,8,10H,7,9,11H2,(H,18,21)(H,19,20). The molecular weight excluding hydrogens is 264 g/mol. The van der Waals surface area contributed by atoms with Crippen molar-refractivity contribution in [1.29, 1.82) is 0 Å². The van der Waals surface area contributed by atoms with Gasteiger partial charge in [-0.15, -0.1) is 0 Å². The number of fused-ring (bicyclic) bond motifs is 1. The quantitative estimate of drug-likeness (QED) is 0.908. The lowest BCUT2D eigenvalue weighted by atomic mass is 9.99. The van der Waals surface area contributed by atoms with Crippen molar-refractivity contribution < 1.29 is 9.59 Å². The van der Waals surface area contributed by atoms with Crippen LogP contribution in [0.5, 0.6) is 0 Å². The van der Waals surface area contributed by atoms with Crippen LogP contribution in [-0.4, -0.2) is 11.8 Å². The monoisotopic (exact) mass is 280 g/mol. The number of nitrogens with one attached hydrogen (secondary N) is 2. The van der Waals surface area contributed by atoms with E-state index < -0.39 is 0 Å². The summed E-state index contributed by atoms with van der Waals surface area (Å²) in [5.41, 5.74) is 3.71. The molecule has 0 spiro atoms. The smallest absolute Gasteiger partial charge is 0.228 e. The Morgan fingerprint density at radius 2 is 1.90 bits per heavy atom. The summed E-state index contributed by atoms with van der Waals surface area (Å²) in [6.07, 6.45) is 1.57. The summed E-state index contributed by atoms with van der Waals surface area (Å²) >= 11 is 0. The van der Waals surface area contributed by atoms with Crippen molar-refractivity contribution in [2.45, 2.75) is 19.3 Å². The minimum absolute atomic E-state index is 0.0407. The van der Waals surface area contributed by atoms with E-state index in [0.29, 0.717) is 12.8 Å². The molecule has 0 saturated carbocycles. The molecule has 1 aliphatic rings. The number of carbonyl (C=O) groups is 2. The molecule has 0 aliphatic carbocycles. The van der Waals surface area contributed by atoms with Crippen molar-refractivity contribution in [2.75, 3.05) is 10.6 Å². The highest BCUT2D eigenvalue weighted by atomic mass is 16.2. The Morgan fingerprint density at radius 1 is 1.10 bits per heavy atom. The van der Waals surface area contributed by atoms with Crippen molar-refractivity contribution in [3.8, 4) is 0 Å². The van der Waals surface area contributed by atoms with Gasteiger partial charge in [0.15, 0.2) is 0 Å². The van der Waals surface area contributed by atoms with Crippen molar-refractivity contribution >= 4 is 23.2 Å². The molecule has 2 aromatic carbocycles. The molecule has 106 valence electrons. The Balaban J connectivity index is 1.68. The molecule has 2 aromatic rings. The molecule has 0 aromatic heterocycles. The minimum Gasteiger partial charge on any atom is -0.326 e. The van der Waals surface area contributed by atoms with Gasteiger partial charge in [0.1, 0.15) is 0 Å². The number of para-hydroxylation sites is 1. The Morgan fingerprint density at radius 3 is 2.71 bits per heavy atom. The number of amides is 2. The highest BCUT2D eigenvalue weighted by Gasteiger charge is 2.15. The van der Waals surface area contributed by atoms with Crippen LogP contribution in [0.1, 0.15) is 17.5 Å². The Labute approximate surface area is 123 Å². The molecule has 0 bridgehead atoms. The number of rotatable bonds is 3. The molecule has 1 aliphatic heterocycles. The molecule has 0 radical (unpaired) electrons. The van der Waals surface area contributed by atoms with Crippen LogP contribution in [0, 0.1) is 0 Å². The van der Waals surface area contributed by atoms with Crippen LogP contribution in [0.15, 0.2) is 48.5 Å². The van der Waals surface area contributed by atoms with Gasteiger partial charge in [0.25, 0.3) is 0 Å². The van der Waals surface area contributed by atoms with E-state index in [1.54, 1.807) is 0 Å². The third-order valence-corrected chi connectivity index (χ3v) is 3.49. The predicted molar refractivity (Wildman–Crippen MR) is 82.2 cm³/mol. The fourth-order valence-electron chi connectivity index (χ4n) is 2.46. The predicted octanol–water partition coefficient (Wildman–Crippen LogP) is 2.75. The van der Waals surface area contributed by atoms with E-state index >= 15 is 0 Å². The summed E-state index contributed by atoms with van der Waals surface area (Å²) in [5, 5.41) is 5.71. The number of anilines is 2. The van der Waals surface area contributed by atoms with Crippen molar-refractivity contribution in [3.63, 3.8) is 0 Å². The largest absolute Gasteiger partial charge is 0.326 e. The first-order valence-corrected chi connectivity index (χ1v) is 6.97. The molecule has 4 nitrogen and oxygen atoms in total. The average Bonchev–Trinajstić information content (AvgIpc) is 2.48. The summed E-state index contributed by atoms with van der Waals surface area (Å²) in [4.78, 5) is 23.3.